The fourth-order valence-corrected chi connectivity index (χ4v) is 6.18. The predicted octanol–water partition coefficient (Wildman–Crippen LogP) is 2.39. The van der Waals surface area contributed by atoms with Crippen LogP contribution < -0.4 is 10.9 Å². The highest BCUT2D eigenvalue weighted by atomic mass is 32.2. The first kappa shape index (κ1) is 23.5. The molecule has 2 N–H and O–H groups in total. The summed E-state index contributed by atoms with van der Waals surface area (Å²) in [5.74, 6) is -2.25. The van der Waals surface area contributed by atoms with Crippen molar-refractivity contribution in [3.05, 3.63) is 65.2 Å². The highest BCUT2D eigenvalue weighted by Gasteiger charge is 2.54. The molecule has 0 unspecified atom stereocenters. The maximum absolute atomic E-state index is 13.5. The van der Waals surface area contributed by atoms with Crippen LogP contribution in [0.3, 0.4) is 0 Å². The normalized spacial score (nSPS) is 15.1. The molecule has 1 aliphatic carbocycles. The zero-order chi connectivity index (χ0) is 23.4. The van der Waals surface area contributed by atoms with Crippen LogP contribution in [0.15, 0.2) is 53.4 Å². The van der Waals surface area contributed by atoms with Gasteiger partial charge in [-0.2, -0.15) is 0 Å². The highest BCUT2D eigenvalue weighted by molar-refractivity contribution is 7.93. The lowest BCUT2D eigenvalue weighted by atomic mass is 10.1. The van der Waals surface area contributed by atoms with Gasteiger partial charge < -0.3 is 4.74 Å². The molecule has 2 aromatic rings. The molecule has 0 spiro atoms. The zero-order valence-electron chi connectivity index (χ0n) is 18.0. The monoisotopic (exact) mass is 458 g/mol. The van der Waals surface area contributed by atoms with E-state index in [0.29, 0.717) is 24.0 Å². The molecule has 9 heteroatoms. The number of amides is 2. The van der Waals surface area contributed by atoms with E-state index < -0.39 is 39.0 Å². The third kappa shape index (κ3) is 4.67. The number of esters is 1. The van der Waals surface area contributed by atoms with Gasteiger partial charge in [-0.05, 0) is 56.0 Å². The molecule has 0 saturated heterocycles. The number of rotatable bonds is 6. The van der Waals surface area contributed by atoms with E-state index in [1.807, 2.05) is 6.07 Å². The van der Waals surface area contributed by atoms with Crippen LogP contribution in [0, 0.1) is 13.8 Å². The van der Waals surface area contributed by atoms with Crippen molar-refractivity contribution in [3.8, 4) is 0 Å². The van der Waals surface area contributed by atoms with Crippen LogP contribution in [0.5, 0.6) is 0 Å². The minimum absolute atomic E-state index is 0.107. The summed E-state index contributed by atoms with van der Waals surface area (Å²) in [6, 6.07) is 13.3. The second kappa shape index (κ2) is 9.52. The molecular formula is C23H26N2O6S. The van der Waals surface area contributed by atoms with Gasteiger partial charge in [0.15, 0.2) is 21.2 Å². The van der Waals surface area contributed by atoms with Crippen LogP contribution in [-0.2, 0) is 24.2 Å². The van der Waals surface area contributed by atoms with Gasteiger partial charge >= 0.3 is 5.97 Å². The van der Waals surface area contributed by atoms with E-state index in [1.54, 1.807) is 56.3 Å². The zero-order valence-corrected chi connectivity index (χ0v) is 18.8. The second-order valence-electron chi connectivity index (χ2n) is 7.92. The topological polar surface area (TPSA) is 119 Å². The third-order valence-electron chi connectivity index (χ3n) is 5.62. The quantitative estimate of drug-likeness (QED) is 0.507. The van der Waals surface area contributed by atoms with Crippen LogP contribution in [-0.4, -0.2) is 37.6 Å². The van der Waals surface area contributed by atoms with Gasteiger partial charge in [-0.15, -0.1) is 0 Å². The van der Waals surface area contributed by atoms with Crippen molar-refractivity contribution in [1.82, 2.24) is 10.9 Å². The van der Waals surface area contributed by atoms with E-state index in [9.17, 15) is 22.8 Å². The van der Waals surface area contributed by atoms with Crippen molar-refractivity contribution in [2.75, 3.05) is 6.61 Å². The second-order valence-corrected chi connectivity index (χ2v) is 10.1. The van der Waals surface area contributed by atoms with E-state index in [4.69, 9.17) is 4.74 Å². The van der Waals surface area contributed by atoms with E-state index >= 15 is 0 Å². The number of sulfone groups is 1. The summed E-state index contributed by atoms with van der Waals surface area (Å²) in [7, 11) is -4.04. The van der Waals surface area contributed by atoms with Gasteiger partial charge in [0.05, 0.1) is 4.90 Å². The maximum atomic E-state index is 13.5. The Morgan fingerprint density at radius 2 is 1.62 bits per heavy atom. The standard InChI is InChI=1S/C23H26N2O6S/c1-16-10-11-17(2)19(14-16)32(29,30)23(12-6-7-13-23)22(28)31-15-20(26)24-25-21(27)18-8-4-3-5-9-18/h3-5,8-11,14H,6-7,12-13,15H2,1-2H3,(H,24,26)(H,25,27). The van der Waals surface area contributed by atoms with Crippen LogP contribution in [0.2, 0.25) is 0 Å². The molecule has 3 rings (SSSR count). The summed E-state index contributed by atoms with van der Waals surface area (Å²) < 4.78 is 30.5. The van der Waals surface area contributed by atoms with Crippen molar-refractivity contribution in [3.63, 3.8) is 0 Å². The van der Waals surface area contributed by atoms with Crippen molar-refractivity contribution in [2.24, 2.45) is 0 Å². The summed E-state index contributed by atoms with van der Waals surface area (Å²) in [5.41, 5.74) is 6.05. The number of hydrogen-bond donors (Lipinski definition) is 2. The van der Waals surface area contributed by atoms with E-state index in [-0.39, 0.29) is 17.7 Å². The summed E-state index contributed by atoms with van der Waals surface area (Å²) in [6.07, 6.45) is 1.40. The van der Waals surface area contributed by atoms with Crippen LogP contribution in [0.25, 0.3) is 0 Å². The van der Waals surface area contributed by atoms with E-state index in [0.717, 1.165) is 5.56 Å². The number of nitrogens with one attached hydrogen (secondary N) is 2. The molecule has 170 valence electrons. The molecule has 2 aromatic carbocycles. The minimum Gasteiger partial charge on any atom is -0.454 e. The Labute approximate surface area is 187 Å². The summed E-state index contributed by atoms with van der Waals surface area (Å²) in [4.78, 5) is 37.1. The molecule has 1 saturated carbocycles. The molecular weight excluding hydrogens is 432 g/mol. The van der Waals surface area contributed by atoms with Gasteiger partial charge in [-0.25, -0.2) is 8.42 Å². The summed E-state index contributed by atoms with van der Waals surface area (Å²) in [5, 5.41) is 0. The van der Waals surface area contributed by atoms with Gasteiger partial charge in [0.25, 0.3) is 11.8 Å². The number of carbonyl (C=O) groups excluding carboxylic acids is 3. The molecule has 1 fully saturated rings. The average molecular weight is 459 g/mol. The molecule has 0 heterocycles. The molecule has 0 radical (unpaired) electrons. The van der Waals surface area contributed by atoms with Crippen molar-refractivity contribution in [2.45, 2.75) is 49.2 Å². The Morgan fingerprint density at radius 3 is 2.28 bits per heavy atom. The van der Waals surface area contributed by atoms with Crippen molar-refractivity contribution >= 4 is 27.6 Å². The lowest BCUT2D eigenvalue weighted by molar-refractivity contribution is -0.151. The number of carbonyl (C=O) groups is 3. The number of hydrogen-bond acceptors (Lipinski definition) is 6. The first-order chi connectivity index (χ1) is 15.2. The first-order valence-corrected chi connectivity index (χ1v) is 11.8. The smallest absolute Gasteiger partial charge is 0.328 e. The van der Waals surface area contributed by atoms with Gasteiger partial charge in [0, 0.05) is 5.56 Å². The van der Waals surface area contributed by atoms with E-state index in [2.05, 4.69) is 10.9 Å². The minimum atomic E-state index is -4.04. The summed E-state index contributed by atoms with van der Waals surface area (Å²) in [6.45, 7) is 2.76. The Kier molecular flexibility index (Phi) is 6.98. The number of hydrazine groups is 1. The molecule has 2 amide bonds. The van der Waals surface area contributed by atoms with Crippen LogP contribution >= 0.6 is 0 Å². The van der Waals surface area contributed by atoms with Crippen LogP contribution in [0.1, 0.15) is 47.2 Å². The van der Waals surface area contributed by atoms with Gasteiger partial charge in [-0.1, -0.05) is 43.2 Å². The molecule has 8 nitrogen and oxygen atoms in total. The molecule has 0 bridgehead atoms. The average Bonchev–Trinajstić information content (AvgIpc) is 3.30. The largest absolute Gasteiger partial charge is 0.454 e. The Balaban J connectivity index is 1.68. The van der Waals surface area contributed by atoms with Crippen molar-refractivity contribution in [1.29, 1.82) is 0 Å². The molecule has 32 heavy (non-hydrogen) atoms. The predicted molar refractivity (Wildman–Crippen MR) is 117 cm³/mol. The Hall–Kier alpha value is -3.20. The van der Waals surface area contributed by atoms with E-state index in [1.165, 1.54) is 0 Å². The molecule has 0 aromatic heterocycles. The fraction of sp³-hybridized carbons (Fsp3) is 0.348. The first-order valence-electron chi connectivity index (χ1n) is 10.3. The SMILES string of the molecule is Cc1ccc(C)c(S(=O)(=O)C2(C(=O)OCC(=O)NNC(=O)c3ccccc3)CCCC2)c1. The van der Waals surface area contributed by atoms with Crippen LogP contribution in [0.4, 0.5) is 0 Å². The fourth-order valence-electron chi connectivity index (χ4n) is 3.82. The Morgan fingerprint density at radius 1 is 0.969 bits per heavy atom. The lowest BCUT2D eigenvalue weighted by Crippen LogP contribution is -2.48. The van der Waals surface area contributed by atoms with Crippen molar-refractivity contribution < 1.29 is 27.5 Å². The number of benzene rings is 2. The molecule has 0 aliphatic heterocycles. The molecule has 0 atom stereocenters. The van der Waals surface area contributed by atoms with Gasteiger partial charge in [0.2, 0.25) is 0 Å². The lowest BCUT2D eigenvalue weighted by Gasteiger charge is -2.27. The maximum Gasteiger partial charge on any atom is 0.328 e. The number of aryl methyl sites for hydroxylation is 2. The Bertz CT molecular complexity index is 1120. The van der Waals surface area contributed by atoms with Gasteiger partial charge in [-0.3, -0.25) is 25.2 Å². The van der Waals surface area contributed by atoms with Gasteiger partial charge in [0.1, 0.15) is 0 Å². The summed E-state index contributed by atoms with van der Waals surface area (Å²) >= 11 is 0. The highest BCUT2D eigenvalue weighted by Crippen LogP contribution is 2.42. The number of ether oxygens (including phenoxy) is 1. The third-order valence-corrected chi connectivity index (χ3v) is 8.24. The molecule has 1 aliphatic rings.